The Morgan fingerprint density at radius 3 is 2.64 bits per heavy atom. The molecule has 1 aliphatic rings. The molecule has 3 heterocycles. The van der Waals surface area contributed by atoms with Gasteiger partial charge in [0.1, 0.15) is 5.00 Å². The zero-order valence-electron chi connectivity index (χ0n) is 19.3. The van der Waals surface area contributed by atoms with Crippen LogP contribution < -0.4 is 15.5 Å². The van der Waals surface area contributed by atoms with E-state index in [4.69, 9.17) is 0 Å². The first-order valence-corrected chi connectivity index (χ1v) is 12.1. The Morgan fingerprint density at radius 1 is 1.15 bits per heavy atom. The quantitative estimate of drug-likeness (QED) is 0.438. The third kappa shape index (κ3) is 5.88. The molecular weight excluding hydrogens is 438 g/mol. The Morgan fingerprint density at radius 2 is 1.91 bits per heavy atom. The highest BCUT2D eigenvalue weighted by molar-refractivity contribution is 7.17. The molecule has 0 aliphatic carbocycles. The normalized spacial score (nSPS) is 15.7. The van der Waals surface area contributed by atoms with Crippen molar-refractivity contribution < 1.29 is 9.59 Å². The molecule has 1 atom stereocenters. The summed E-state index contributed by atoms with van der Waals surface area (Å²) in [6.07, 6.45) is 2.13. The number of imidazole rings is 1. The van der Waals surface area contributed by atoms with Gasteiger partial charge in [-0.25, -0.2) is 9.97 Å². The van der Waals surface area contributed by atoms with Crippen molar-refractivity contribution in [1.82, 2.24) is 30.5 Å². The lowest BCUT2D eigenvalue weighted by molar-refractivity contribution is -0.122. The first-order valence-electron chi connectivity index (χ1n) is 11.3. The summed E-state index contributed by atoms with van der Waals surface area (Å²) in [5.74, 6) is 0.429. The van der Waals surface area contributed by atoms with Crippen LogP contribution in [0.15, 0.2) is 30.5 Å². The Labute approximate surface area is 197 Å². The van der Waals surface area contributed by atoms with Crippen molar-refractivity contribution in [1.29, 1.82) is 0 Å². The van der Waals surface area contributed by atoms with Crippen molar-refractivity contribution in [2.45, 2.75) is 32.9 Å². The molecule has 10 heteroatoms. The molecule has 176 valence electrons. The number of amides is 2. The van der Waals surface area contributed by atoms with E-state index in [9.17, 15) is 9.59 Å². The van der Waals surface area contributed by atoms with E-state index in [2.05, 4.69) is 56.3 Å². The first kappa shape index (κ1) is 23.2. The molecule has 0 radical (unpaired) electrons. The number of carbonyl (C=O) groups excluding carboxylic acids is 2. The standard InChI is InChI=1S/C23H31N7O2S/c1-15(2)8-9-18(31)27-21(20-25-16-6-4-5-7-17(16)26-20)28-22(32)23-24-14-19(33-23)30-12-10-29(3)11-13-30/h4-7,14-15,21H,8-13H2,1-3H3,(H,25,26)(H,27,31)(H,28,32). The Bertz CT molecular complexity index is 1070. The van der Waals surface area contributed by atoms with Gasteiger partial charge in [-0.05, 0) is 31.5 Å². The number of aromatic nitrogens is 3. The second kappa shape index (κ2) is 10.3. The predicted molar refractivity (Wildman–Crippen MR) is 130 cm³/mol. The molecular formula is C23H31N7O2S. The number of nitrogens with one attached hydrogen (secondary N) is 3. The van der Waals surface area contributed by atoms with Crippen molar-refractivity contribution in [3.05, 3.63) is 41.3 Å². The largest absolute Gasteiger partial charge is 0.360 e. The number of anilines is 1. The van der Waals surface area contributed by atoms with Gasteiger partial charge >= 0.3 is 0 Å². The Balaban J connectivity index is 1.49. The molecule has 1 aromatic carbocycles. The summed E-state index contributed by atoms with van der Waals surface area (Å²) in [5.41, 5.74) is 1.62. The van der Waals surface area contributed by atoms with Crippen LogP contribution in [0.4, 0.5) is 5.00 Å². The van der Waals surface area contributed by atoms with Crippen LogP contribution >= 0.6 is 11.3 Å². The fourth-order valence-electron chi connectivity index (χ4n) is 3.67. The van der Waals surface area contributed by atoms with Gasteiger partial charge in [0.2, 0.25) is 5.91 Å². The summed E-state index contributed by atoms with van der Waals surface area (Å²) in [5, 5.41) is 7.17. The molecule has 1 unspecified atom stereocenters. The maximum absolute atomic E-state index is 13.1. The highest BCUT2D eigenvalue weighted by Crippen LogP contribution is 2.25. The number of H-pyrrole nitrogens is 1. The van der Waals surface area contributed by atoms with Gasteiger partial charge in [0.15, 0.2) is 17.0 Å². The SMILES string of the molecule is CC(C)CCC(=O)NC(NC(=O)c1ncc(N2CCN(C)CC2)s1)c1nc2ccccc2[nH]1. The fourth-order valence-corrected chi connectivity index (χ4v) is 4.54. The number of nitrogens with zero attached hydrogens (tertiary/aromatic N) is 4. The van der Waals surface area contributed by atoms with E-state index < -0.39 is 6.17 Å². The molecule has 0 spiro atoms. The van der Waals surface area contributed by atoms with Crippen LogP contribution in [-0.2, 0) is 4.79 Å². The molecule has 0 saturated carbocycles. The lowest BCUT2D eigenvalue weighted by Gasteiger charge is -2.32. The lowest BCUT2D eigenvalue weighted by Crippen LogP contribution is -2.44. The van der Waals surface area contributed by atoms with Crippen molar-refractivity contribution in [2.24, 2.45) is 5.92 Å². The average molecular weight is 470 g/mol. The maximum atomic E-state index is 13.1. The molecule has 9 nitrogen and oxygen atoms in total. The molecule has 2 amide bonds. The summed E-state index contributed by atoms with van der Waals surface area (Å²) >= 11 is 1.36. The monoisotopic (exact) mass is 469 g/mol. The minimum atomic E-state index is -0.777. The van der Waals surface area contributed by atoms with Crippen molar-refractivity contribution in [2.75, 3.05) is 38.1 Å². The van der Waals surface area contributed by atoms with Crippen molar-refractivity contribution in [3.63, 3.8) is 0 Å². The molecule has 1 fully saturated rings. The summed E-state index contributed by atoms with van der Waals surface area (Å²) in [6, 6.07) is 7.61. The molecule has 33 heavy (non-hydrogen) atoms. The van der Waals surface area contributed by atoms with Crippen molar-refractivity contribution in [3.8, 4) is 0 Å². The fraction of sp³-hybridized carbons (Fsp3) is 0.478. The van der Waals surface area contributed by atoms with Crippen LogP contribution in [0.1, 0.15) is 48.5 Å². The van der Waals surface area contributed by atoms with Crippen LogP contribution in [0, 0.1) is 5.92 Å². The van der Waals surface area contributed by atoms with E-state index >= 15 is 0 Å². The molecule has 1 saturated heterocycles. The zero-order chi connectivity index (χ0) is 23.4. The zero-order valence-corrected chi connectivity index (χ0v) is 20.1. The summed E-state index contributed by atoms with van der Waals surface area (Å²) in [7, 11) is 2.11. The number of para-hydroxylation sites is 2. The van der Waals surface area contributed by atoms with Gasteiger partial charge in [-0.3, -0.25) is 9.59 Å². The van der Waals surface area contributed by atoms with Gasteiger partial charge in [-0.1, -0.05) is 37.3 Å². The number of piperazine rings is 1. The lowest BCUT2D eigenvalue weighted by atomic mass is 10.1. The van der Waals surface area contributed by atoms with Crippen LogP contribution in [0.25, 0.3) is 11.0 Å². The van der Waals surface area contributed by atoms with Crippen LogP contribution in [-0.4, -0.2) is 64.9 Å². The predicted octanol–water partition coefficient (Wildman–Crippen LogP) is 2.75. The van der Waals surface area contributed by atoms with Gasteiger partial charge in [-0.15, -0.1) is 0 Å². The number of likely N-dealkylation sites (N-methyl/N-ethyl adjacent to an activating group) is 1. The minimum absolute atomic E-state index is 0.133. The smallest absolute Gasteiger partial charge is 0.282 e. The summed E-state index contributed by atoms with van der Waals surface area (Å²) in [6.45, 7) is 7.94. The van der Waals surface area contributed by atoms with Gasteiger partial charge in [-0.2, -0.15) is 0 Å². The van der Waals surface area contributed by atoms with E-state index in [0.29, 0.717) is 23.2 Å². The summed E-state index contributed by atoms with van der Waals surface area (Å²) in [4.78, 5) is 42.3. The molecule has 1 aliphatic heterocycles. The minimum Gasteiger partial charge on any atom is -0.360 e. The number of carbonyl (C=O) groups is 2. The number of hydrogen-bond acceptors (Lipinski definition) is 7. The average Bonchev–Trinajstić information content (AvgIpc) is 3.45. The van der Waals surface area contributed by atoms with E-state index in [1.54, 1.807) is 6.20 Å². The third-order valence-electron chi connectivity index (χ3n) is 5.71. The topological polar surface area (TPSA) is 106 Å². The Kier molecular flexibility index (Phi) is 7.24. The van der Waals surface area contributed by atoms with Crippen molar-refractivity contribution >= 4 is 39.2 Å². The van der Waals surface area contributed by atoms with E-state index in [1.807, 2.05) is 24.3 Å². The Hall–Kier alpha value is -2.98. The molecule has 4 rings (SSSR count). The molecule has 3 N–H and O–H groups in total. The van der Waals surface area contributed by atoms with Gasteiger partial charge < -0.3 is 25.4 Å². The van der Waals surface area contributed by atoms with Crippen LogP contribution in [0.3, 0.4) is 0 Å². The molecule has 3 aromatic rings. The highest BCUT2D eigenvalue weighted by atomic mass is 32.1. The second-order valence-electron chi connectivity index (χ2n) is 8.84. The molecule has 2 aromatic heterocycles. The van der Waals surface area contributed by atoms with Gasteiger partial charge in [0, 0.05) is 32.6 Å². The number of fused-ring (bicyclic) bond motifs is 1. The number of thiazole rings is 1. The maximum Gasteiger partial charge on any atom is 0.282 e. The van der Waals surface area contributed by atoms with E-state index in [0.717, 1.165) is 48.6 Å². The number of aromatic amines is 1. The number of hydrogen-bond donors (Lipinski definition) is 3. The highest BCUT2D eigenvalue weighted by Gasteiger charge is 2.24. The van der Waals surface area contributed by atoms with Crippen LogP contribution in [0.2, 0.25) is 0 Å². The number of rotatable bonds is 8. The molecule has 0 bridgehead atoms. The van der Waals surface area contributed by atoms with Gasteiger partial charge in [0.25, 0.3) is 5.91 Å². The third-order valence-corrected chi connectivity index (χ3v) is 6.77. The summed E-state index contributed by atoms with van der Waals surface area (Å²) < 4.78 is 0. The van der Waals surface area contributed by atoms with Gasteiger partial charge in [0.05, 0.1) is 17.2 Å². The first-order chi connectivity index (χ1) is 15.9. The van der Waals surface area contributed by atoms with E-state index in [1.165, 1.54) is 11.3 Å². The number of benzene rings is 1. The van der Waals surface area contributed by atoms with Crippen LogP contribution in [0.5, 0.6) is 0 Å². The second-order valence-corrected chi connectivity index (χ2v) is 9.85. The van der Waals surface area contributed by atoms with E-state index in [-0.39, 0.29) is 11.8 Å².